The number of hydrogen-bond acceptors (Lipinski definition) is 2. The molecule has 1 atom stereocenters. The fourth-order valence-electron chi connectivity index (χ4n) is 3.90. The highest BCUT2D eigenvalue weighted by Crippen LogP contribution is 2.35. The molecular formula is C23H25N3O2. The molecule has 0 spiro atoms. The van der Waals surface area contributed by atoms with Crippen molar-refractivity contribution in [3.05, 3.63) is 78.1 Å². The first-order chi connectivity index (χ1) is 13.7. The topological polar surface area (TPSA) is 46.5 Å². The van der Waals surface area contributed by atoms with Gasteiger partial charge in [0.2, 0.25) is 0 Å². The highest BCUT2D eigenvalue weighted by molar-refractivity contribution is 5.91. The number of nitrogens with one attached hydrogen (secondary N) is 1. The SMILES string of the molecule is CCOc1ccccc1NC(=O)N1Cc2ccccc2-n2cccc2[C@@H]1CC. The van der Waals surface area contributed by atoms with Crippen LogP contribution in [0.25, 0.3) is 5.69 Å². The summed E-state index contributed by atoms with van der Waals surface area (Å²) >= 11 is 0. The Hall–Kier alpha value is -3.21. The van der Waals surface area contributed by atoms with E-state index in [1.165, 1.54) is 0 Å². The second-order valence-corrected chi connectivity index (χ2v) is 6.84. The summed E-state index contributed by atoms with van der Waals surface area (Å²) in [6.07, 6.45) is 2.90. The number of urea groups is 1. The lowest BCUT2D eigenvalue weighted by Crippen LogP contribution is -2.37. The first-order valence-corrected chi connectivity index (χ1v) is 9.78. The number of nitrogens with zero attached hydrogens (tertiary/aromatic N) is 2. The fourth-order valence-corrected chi connectivity index (χ4v) is 3.90. The molecule has 5 nitrogen and oxygen atoms in total. The molecule has 1 N–H and O–H groups in total. The molecule has 0 bridgehead atoms. The number of carbonyl (C=O) groups is 1. The molecule has 5 heteroatoms. The molecule has 0 fully saturated rings. The summed E-state index contributed by atoms with van der Waals surface area (Å²) in [5.41, 5.74) is 4.08. The van der Waals surface area contributed by atoms with Crippen molar-refractivity contribution in [3.63, 3.8) is 0 Å². The maximum Gasteiger partial charge on any atom is 0.322 e. The van der Waals surface area contributed by atoms with Gasteiger partial charge in [-0.1, -0.05) is 37.3 Å². The number of ether oxygens (including phenoxy) is 1. The molecule has 1 aliphatic rings. The zero-order valence-corrected chi connectivity index (χ0v) is 16.3. The molecule has 28 heavy (non-hydrogen) atoms. The van der Waals surface area contributed by atoms with Gasteiger partial charge in [0, 0.05) is 11.9 Å². The lowest BCUT2D eigenvalue weighted by molar-refractivity contribution is 0.181. The summed E-state index contributed by atoms with van der Waals surface area (Å²) in [6, 6.07) is 19.8. The minimum absolute atomic E-state index is 0.0124. The number of rotatable bonds is 4. The van der Waals surface area contributed by atoms with E-state index in [9.17, 15) is 4.79 Å². The largest absolute Gasteiger partial charge is 0.492 e. The Morgan fingerprint density at radius 1 is 1.07 bits per heavy atom. The van der Waals surface area contributed by atoms with Crippen molar-refractivity contribution in [1.29, 1.82) is 0 Å². The molecule has 1 aromatic heterocycles. The molecule has 0 saturated carbocycles. The fraction of sp³-hybridized carbons (Fsp3) is 0.261. The monoisotopic (exact) mass is 375 g/mol. The van der Waals surface area contributed by atoms with Gasteiger partial charge in [-0.3, -0.25) is 0 Å². The van der Waals surface area contributed by atoms with Crippen molar-refractivity contribution in [3.8, 4) is 11.4 Å². The van der Waals surface area contributed by atoms with Crippen molar-refractivity contribution < 1.29 is 9.53 Å². The number of hydrogen-bond donors (Lipinski definition) is 1. The van der Waals surface area contributed by atoms with Crippen LogP contribution in [0.5, 0.6) is 5.75 Å². The first kappa shape index (κ1) is 18.2. The van der Waals surface area contributed by atoms with Crippen molar-refractivity contribution in [2.24, 2.45) is 0 Å². The molecule has 0 unspecified atom stereocenters. The minimum atomic E-state index is -0.122. The molecule has 2 aromatic carbocycles. The molecule has 1 aliphatic heterocycles. The second kappa shape index (κ2) is 7.80. The Morgan fingerprint density at radius 3 is 2.68 bits per heavy atom. The molecular weight excluding hydrogens is 350 g/mol. The van der Waals surface area contributed by atoms with Crippen LogP contribution in [0.4, 0.5) is 10.5 Å². The molecule has 2 amide bonds. The maximum atomic E-state index is 13.3. The Morgan fingerprint density at radius 2 is 1.86 bits per heavy atom. The first-order valence-electron chi connectivity index (χ1n) is 9.78. The molecule has 2 heterocycles. The van der Waals surface area contributed by atoms with E-state index < -0.39 is 0 Å². The molecule has 4 rings (SSSR count). The van der Waals surface area contributed by atoms with E-state index in [0.717, 1.165) is 23.4 Å². The van der Waals surface area contributed by atoms with Crippen LogP contribution in [0.1, 0.15) is 37.6 Å². The van der Waals surface area contributed by atoms with Gasteiger partial charge in [-0.15, -0.1) is 0 Å². The highest BCUT2D eigenvalue weighted by atomic mass is 16.5. The van der Waals surface area contributed by atoms with Gasteiger partial charge in [-0.25, -0.2) is 4.79 Å². The van der Waals surface area contributed by atoms with E-state index >= 15 is 0 Å². The van der Waals surface area contributed by atoms with Crippen LogP contribution in [0, 0.1) is 0 Å². The van der Waals surface area contributed by atoms with Gasteiger partial charge in [0.05, 0.1) is 30.6 Å². The van der Waals surface area contributed by atoms with Crippen molar-refractivity contribution in [1.82, 2.24) is 9.47 Å². The Bertz CT molecular complexity index is 979. The average molecular weight is 375 g/mol. The lowest BCUT2D eigenvalue weighted by atomic mass is 10.1. The van der Waals surface area contributed by atoms with Crippen LogP contribution >= 0.6 is 0 Å². The van der Waals surface area contributed by atoms with Gasteiger partial charge in [0.15, 0.2) is 0 Å². The molecule has 0 radical (unpaired) electrons. The highest BCUT2D eigenvalue weighted by Gasteiger charge is 2.30. The van der Waals surface area contributed by atoms with Crippen molar-refractivity contribution in [2.75, 3.05) is 11.9 Å². The zero-order valence-electron chi connectivity index (χ0n) is 16.3. The number of aromatic nitrogens is 1. The number of benzene rings is 2. The van der Waals surface area contributed by atoms with Gasteiger partial charge >= 0.3 is 6.03 Å². The Kier molecular flexibility index (Phi) is 5.06. The summed E-state index contributed by atoms with van der Waals surface area (Å²) in [5.74, 6) is 0.685. The number of fused-ring (bicyclic) bond motifs is 3. The number of carbonyl (C=O) groups excluding carboxylic acids is 1. The van der Waals surface area contributed by atoms with E-state index in [-0.39, 0.29) is 12.1 Å². The van der Waals surface area contributed by atoms with E-state index in [1.54, 1.807) is 0 Å². The average Bonchev–Trinajstić information content (AvgIpc) is 3.14. The Balaban J connectivity index is 1.70. The number of amides is 2. The van der Waals surface area contributed by atoms with Gasteiger partial charge < -0.3 is 19.5 Å². The van der Waals surface area contributed by atoms with Crippen molar-refractivity contribution >= 4 is 11.7 Å². The zero-order chi connectivity index (χ0) is 19.5. The van der Waals surface area contributed by atoms with E-state index in [4.69, 9.17) is 4.74 Å². The summed E-state index contributed by atoms with van der Waals surface area (Å²) in [4.78, 5) is 15.3. The standard InChI is InChI=1S/C23H25N3O2/c1-3-19-21-13-9-15-25(21)20-12-7-5-10-17(20)16-26(19)23(27)24-18-11-6-8-14-22(18)28-4-2/h5-15,19H,3-4,16H2,1-2H3,(H,24,27)/t19-/m0/s1. The third-order valence-electron chi connectivity index (χ3n) is 5.17. The quantitative estimate of drug-likeness (QED) is 0.666. The van der Waals surface area contributed by atoms with Gasteiger partial charge in [-0.05, 0) is 49.2 Å². The Labute approximate surface area is 165 Å². The third-order valence-corrected chi connectivity index (χ3v) is 5.17. The molecule has 144 valence electrons. The van der Waals surface area contributed by atoms with Crippen LogP contribution < -0.4 is 10.1 Å². The van der Waals surface area contributed by atoms with Crippen LogP contribution in [0.15, 0.2) is 66.9 Å². The molecule has 3 aromatic rings. The van der Waals surface area contributed by atoms with Crippen LogP contribution in [-0.2, 0) is 6.54 Å². The number of para-hydroxylation sites is 3. The normalized spacial score (nSPS) is 15.4. The lowest BCUT2D eigenvalue weighted by Gasteiger charge is -2.30. The predicted octanol–water partition coefficient (Wildman–Crippen LogP) is 5.37. The minimum Gasteiger partial charge on any atom is -0.492 e. The summed E-state index contributed by atoms with van der Waals surface area (Å²) in [6.45, 7) is 5.16. The smallest absolute Gasteiger partial charge is 0.322 e. The van der Waals surface area contributed by atoms with E-state index in [2.05, 4.69) is 41.2 Å². The summed E-state index contributed by atoms with van der Waals surface area (Å²) in [5, 5.41) is 3.06. The van der Waals surface area contributed by atoms with Crippen LogP contribution in [0.3, 0.4) is 0 Å². The van der Waals surface area contributed by atoms with Crippen LogP contribution in [0.2, 0.25) is 0 Å². The third kappa shape index (κ3) is 3.24. The van der Waals surface area contributed by atoms with Gasteiger partial charge in [0.1, 0.15) is 5.75 Å². The maximum absolute atomic E-state index is 13.3. The van der Waals surface area contributed by atoms with Gasteiger partial charge in [-0.2, -0.15) is 0 Å². The summed E-state index contributed by atoms with van der Waals surface area (Å²) < 4.78 is 7.87. The molecule has 0 saturated heterocycles. The predicted molar refractivity (Wildman–Crippen MR) is 111 cm³/mol. The summed E-state index contributed by atoms with van der Waals surface area (Å²) in [7, 11) is 0. The second-order valence-electron chi connectivity index (χ2n) is 6.84. The van der Waals surface area contributed by atoms with Gasteiger partial charge in [0.25, 0.3) is 0 Å². The van der Waals surface area contributed by atoms with E-state index in [1.807, 2.05) is 54.3 Å². The van der Waals surface area contributed by atoms with E-state index in [0.29, 0.717) is 24.6 Å². The van der Waals surface area contributed by atoms with Crippen molar-refractivity contribution in [2.45, 2.75) is 32.9 Å². The molecule has 0 aliphatic carbocycles. The number of anilines is 1. The van der Waals surface area contributed by atoms with Crippen LogP contribution in [-0.4, -0.2) is 22.1 Å².